The number of hydrogen-bond donors (Lipinski definition) is 2. The largest absolute Gasteiger partial charge is 0.328 e. The summed E-state index contributed by atoms with van der Waals surface area (Å²) >= 11 is 19.8. The zero-order chi connectivity index (χ0) is 25.2. The zero-order valence-electron chi connectivity index (χ0n) is 19.0. The lowest BCUT2D eigenvalue weighted by Gasteiger charge is -2.28. The molecule has 0 radical (unpaired) electrons. The number of thioether (sulfide) groups is 1. The Bertz CT molecular complexity index is 1450. The molecule has 1 aliphatic heterocycles. The molecule has 1 aliphatic rings. The highest BCUT2D eigenvalue weighted by atomic mass is 35.5. The Morgan fingerprint density at radius 3 is 2.39 bits per heavy atom. The number of amides is 1. The summed E-state index contributed by atoms with van der Waals surface area (Å²) in [7, 11) is 0. The topological polar surface area (TPSA) is 71.8 Å². The quantitative estimate of drug-likeness (QED) is 0.241. The number of fused-ring (bicyclic) bond motifs is 1. The summed E-state index contributed by atoms with van der Waals surface area (Å²) in [5.41, 5.74) is 3.76. The number of rotatable bonds is 6. The van der Waals surface area contributed by atoms with E-state index >= 15 is 0 Å². The van der Waals surface area contributed by atoms with Gasteiger partial charge in [0, 0.05) is 32.2 Å². The van der Waals surface area contributed by atoms with Gasteiger partial charge in [0.25, 0.3) is 5.91 Å². The number of anilines is 2. The van der Waals surface area contributed by atoms with Gasteiger partial charge in [-0.25, -0.2) is 4.68 Å². The van der Waals surface area contributed by atoms with Gasteiger partial charge in [0.2, 0.25) is 11.1 Å². The van der Waals surface area contributed by atoms with Gasteiger partial charge in [-0.2, -0.15) is 4.98 Å². The summed E-state index contributed by atoms with van der Waals surface area (Å²) in [5, 5.41) is 13.4. The van der Waals surface area contributed by atoms with E-state index in [9.17, 15) is 4.79 Å². The highest BCUT2D eigenvalue weighted by molar-refractivity contribution is 7.98. The lowest BCUT2D eigenvalue weighted by Crippen LogP contribution is -2.31. The van der Waals surface area contributed by atoms with Gasteiger partial charge in [-0.3, -0.25) is 4.79 Å². The van der Waals surface area contributed by atoms with E-state index in [0.717, 1.165) is 11.1 Å². The summed E-state index contributed by atoms with van der Waals surface area (Å²) in [5.74, 6) is 0.974. The molecule has 10 heteroatoms. The van der Waals surface area contributed by atoms with Crippen molar-refractivity contribution in [3.8, 4) is 0 Å². The average molecular weight is 557 g/mol. The minimum Gasteiger partial charge on any atom is -0.328 e. The van der Waals surface area contributed by atoms with E-state index in [0.29, 0.717) is 48.9 Å². The monoisotopic (exact) mass is 555 g/mol. The molecule has 0 spiro atoms. The molecule has 3 aromatic carbocycles. The SMILES string of the molecule is CC1=C(C(=O)Nc2ccc(Cl)cc2)[C@H](c2cccc(Cl)c2)n2nc(SCc3ccc(Cl)cc3)nc2N1. The summed E-state index contributed by atoms with van der Waals surface area (Å²) in [6, 6.07) is 21.5. The molecule has 1 atom stereocenters. The number of hydrogen-bond acceptors (Lipinski definition) is 5. The summed E-state index contributed by atoms with van der Waals surface area (Å²) in [6.07, 6.45) is 0. The van der Waals surface area contributed by atoms with Gasteiger partial charge in [-0.05, 0) is 66.6 Å². The molecule has 2 N–H and O–H groups in total. The van der Waals surface area contributed by atoms with Crippen LogP contribution in [0.15, 0.2) is 89.2 Å². The molecule has 1 amide bonds. The van der Waals surface area contributed by atoms with E-state index in [4.69, 9.17) is 39.9 Å². The first kappa shape index (κ1) is 24.7. The number of carbonyl (C=O) groups is 1. The maximum atomic E-state index is 13.5. The Kier molecular flexibility index (Phi) is 7.25. The van der Waals surface area contributed by atoms with Gasteiger partial charge in [-0.15, -0.1) is 5.10 Å². The number of nitrogens with zero attached hydrogens (tertiary/aromatic N) is 3. The van der Waals surface area contributed by atoms with Crippen molar-refractivity contribution < 1.29 is 4.79 Å². The van der Waals surface area contributed by atoms with Gasteiger partial charge in [-0.1, -0.05) is 70.8 Å². The van der Waals surface area contributed by atoms with Gasteiger partial charge in [0.15, 0.2) is 0 Å². The van der Waals surface area contributed by atoms with Crippen molar-refractivity contribution in [3.63, 3.8) is 0 Å². The molecule has 0 unspecified atom stereocenters. The predicted molar refractivity (Wildman–Crippen MR) is 147 cm³/mol. The Morgan fingerprint density at radius 1 is 1.00 bits per heavy atom. The Labute approximate surface area is 227 Å². The van der Waals surface area contributed by atoms with Crippen LogP contribution in [-0.4, -0.2) is 20.7 Å². The number of aromatic nitrogens is 3. The van der Waals surface area contributed by atoms with Gasteiger partial charge in [0.05, 0.1) is 5.57 Å². The molecule has 1 aromatic heterocycles. The van der Waals surface area contributed by atoms with Gasteiger partial charge < -0.3 is 10.6 Å². The molecule has 182 valence electrons. The Hall–Kier alpha value is -2.97. The van der Waals surface area contributed by atoms with Crippen molar-refractivity contribution in [2.45, 2.75) is 23.9 Å². The molecule has 0 fully saturated rings. The average Bonchev–Trinajstić information content (AvgIpc) is 3.26. The van der Waals surface area contributed by atoms with E-state index in [1.807, 2.05) is 49.4 Å². The Morgan fingerprint density at radius 2 is 1.69 bits per heavy atom. The molecule has 6 nitrogen and oxygen atoms in total. The number of allylic oxidation sites excluding steroid dienone is 1. The maximum Gasteiger partial charge on any atom is 0.255 e. The van der Waals surface area contributed by atoms with Gasteiger partial charge in [0.1, 0.15) is 6.04 Å². The van der Waals surface area contributed by atoms with Crippen LogP contribution in [-0.2, 0) is 10.5 Å². The van der Waals surface area contributed by atoms with Crippen molar-refractivity contribution >= 4 is 64.1 Å². The molecule has 36 heavy (non-hydrogen) atoms. The zero-order valence-corrected chi connectivity index (χ0v) is 22.1. The fraction of sp³-hybridized carbons (Fsp3) is 0.115. The third-order valence-corrected chi connectivity index (χ3v) is 7.27. The normalized spacial score (nSPS) is 14.8. The first-order valence-corrected chi connectivity index (χ1v) is 13.1. The van der Waals surface area contributed by atoms with Crippen LogP contribution < -0.4 is 10.6 Å². The third-order valence-electron chi connectivity index (χ3n) is 5.63. The van der Waals surface area contributed by atoms with E-state index < -0.39 is 6.04 Å². The molecular weight excluding hydrogens is 537 g/mol. The van der Waals surface area contributed by atoms with Crippen molar-refractivity contribution in [1.82, 2.24) is 14.8 Å². The van der Waals surface area contributed by atoms with Crippen LogP contribution in [0.25, 0.3) is 0 Å². The van der Waals surface area contributed by atoms with Crippen molar-refractivity contribution in [2.24, 2.45) is 0 Å². The minimum atomic E-state index is -0.523. The summed E-state index contributed by atoms with van der Waals surface area (Å²) in [4.78, 5) is 18.2. The third kappa shape index (κ3) is 5.39. The van der Waals surface area contributed by atoms with E-state index in [-0.39, 0.29) is 5.91 Å². The van der Waals surface area contributed by atoms with Crippen molar-refractivity contribution in [2.75, 3.05) is 10.6 Å². The lowest BCUT2D eigenvalue weighted by molar-refractivity contribution is -0.113. The first-order valence-electron chi connectivity index (χ1n) is 11.0. The highest BCUT2D eigenvalue weighted by Crippen LogP contribution is 2.37. The van der Waals surface area contributed by atoms with Crippen LogP contribution in [0, 0.1) is 0 Å². The van der Waals surface area contributed by atoms with Crippen LogP contribution in [0.2, 0.25) is 15.1 Å². The van der Waals surface area contributed by atoms with Crippen molar-refractivity contribution in [1.29, 1.82) is 0 Å². The van der Waals surface area contributed by atoms with Crippen LogP contribution in [0.5, 0.6) is 0 Å². The van der Waals surface area contributed by atoms with Crippen LogP contribution in [0.4, 0.5) is 11.6 Å². The van der Waals surface area contributed by atoms with E-state index in [1.54, 1.807) is 35.0 Å². The van der Waals surface area contributed by atoms with Crippen molar-refractivity contribution in [3.05, 3.63) is 110 Å². The molecular formula is C26H20Cl3N5OS. The fourth-order valence-electron chi connectivity index (χ4n) is 3.93. The minimum absolute atomic E-state index is 0.260. The number of carbonyl (C=O) groups excluding carboxylic acids is 1. The second-order valence-electron chi connectivity index (χ2n) is 8.16. The van der Waals surface area contributed by atoms with Crippen LogP contribution >= 0.6 is 46.6 Å². The number of halogens is 3. The van der Waals surface area contributed by atoms with E-state index in [1.165, 1.54) is 11.8 Å². The van der Waals surface area contributed by atoms with Crippen LogP contribution in [0.3, 0.4) is 0 Å². The summed E-state index contributed by atoms with van der Waals surface area (Å²) < 4.78 is 1.74. The molecule has 0 aliphatic carbocycles. The molecule has 2 heterocycles. The Balaban J connectivity index is 1.48. The highest BCUT2D eigenvalue weighted by Gasteiger charge is 2.34. The number of benzene rings is 3. The molecule has 0 saturated heterocycles. The second kappa shape index (κ2) is 10.6. The lowest BCUT2D eigenvalue weighted by atomic mass is 9.95. The smallest absolute Gasteiger partial charge is 0.255 e. The van der Waals surface area contributed by atoms with Gasteiger partial charge >= 0.3 is 0 Å². The standard InChI is InChI=1S/C26H20Cl3N5OS/c1-15-22(24(35)31-21-11-9-19(28)10-12-21)23(17-3-2-4-20(29)13-17)34-25(30-15)32-26(33-34)36-14-16-5-7-18(27)8-6-16/h2-13,23H,14H2,1H3,(H,31,35)(H,30,32,33)/t23-/m0/s1. The molecule has 0 bridgehead atoms. The summed E-state index contributed by atoms with van der Waals surface area (Å²) in [6.45, 7) is 1.85. The molecule has 5 rings (SSSR count). The molecule has 0 saturated carbocycles. The van der Waals surface area contributed by atoms with E-state index in [2.05, 4.69) is 15.6 Å². The second-order valence-corrected chi connectivity index (χ2v) is 10.4. The number of nitrogens with one attached hydrogen (secondary N) is 2. The first-order chi connectivity index (χ1) is 17.4. The maximum absolute atomic E-state index is 13.5. The molecule has 4 aromatic rings. The predicted octanol–water partition coefficient (Wildman–Crippen LogP) is 7.46. The fourth-order valence-corrected chi connectivity index (χ4v) is 5.17. The van der Waals surface area contributed by atoms with Crippen LogP contribution in [0.1, 0.15) is 24.1 Å².